The molecule has 0 aromatic heterocycles. The van der Waals surface area contributed by atoms with E-state index in [1.165, 1.54) is 6.92 Å². The molecule has 7 heteroatoms. The second-order valence-electron chi connectivity index (χ2n) is 4.85. The van der Waals surface area contributed by atoms with E-state index in [9.17, 15) is 18.0 Å². The van der Waals surface area contributed by atoms with E-state index < -0.39 is 30.0 Å². The Hall–Kier alpha value is -0.850. The van der Waals surface area contributed by atoms with Gasteiger partial charge in [-0.15, -0.1) is 0 Å². The molecule has 18 heavy (non-hydrogen) atoms. The van der Waals surface area contributed by atoms with Crippen LogP contribution < -0.4 is 11.1 Å². The van der Waals surface area contributed by atoms with Crippen molar-refractivity contribution in [3.8, 4) is 0 Å². The zero-order chi connectivity index (χ0) is 14.0. The summed E-state index contributed by atoms with van der Waals surface area (Å²) in [5.74, 6) is -0.468. The number of halogens is 3. The van der Waals surface area contributed by atoms with Crippen LogP contribution in [0.5, 0.6) is 0 Å². The molecule has 1 unspecified atom stereocenters. The van der Waals surface area contributed by atoms with Gasteiger partial charge in [0.2, 0.25) is 5.91 Å². The Labute approximate surface area is 109 Å². The zero-order valence-electron chi connectivity index (χ0n) is 10.1. The van der Waals surface area contributed by atoms with E-state index in [0.717, 1.165) is 12.8 Å². The van der Waals surface area contributed by atoms with Crippen LogP contribution in [0.25, 0.3) is 0 Å². The fourth-order valence-electron chi connectivity index (χ4n) is 2.32. The minimum Gasteiger partial charge on any atom is -0.392 e. The summed E-state index contributed by atoms with van der Waals surface area (Å²) in [4.78, 5) is 12.1. The third-order valence-corrected chi connectivity index (χ3v) is 3.67. The highest BCUT2D eigenvalue weighted by atomic mass is 32.1. The summed E-state index contributed by atoms with van der Waals surface area (Å²) in [5, 5.41) is 2.37. The van der Waals surface area contributed by atoms with Gasteiger partial charge in [-0.1, -0.05) is 25.1 Å². The van der Waals surface area contributed by atoms with Crippen molar-refractivity contribution in [3.63, 3.8) is 0 Å². The standard InChI is InChI=1S/C11H17F3N2OS/c1-7(6-11(12,13)14)16-9(17)10(8(15)18)4-2-3-5-10/h7H,2-6H2,1H3,(H2,15,18)(H,16,17). The van der Waals surface area contributed by atoms with E-state index in [1.807, 2.05) is 0 Å². The molecular formula is C11H17F3N2OS. The van der Waals surface area contributed by atoms with Gasteiger partial charge in [0.15, 0.2) is 0 Å². The Balaban J connectivity index is 2.66. The van der Waals surface area contributed by atoms with Crippen LogP contribution in [0.4, 0.5) is 13.2 Å². The molecule has 1 amide bonds. The summed E-state index contributed by atoms with van der Waals surface area (Å²) >= 11 is 4.90. The Morgan fingerprint density at radius 1 is 1.44 bits per heavy atom. The van der Waals surface area contributed by atoms with Crippen LogP contribution in [-0.4, -0.2) is 23.1 Å². The highest BCUT2D eigenvalue weighted by Crippen LogP contribution is 2.39. The van der Waals surface area contributed by atoms with Gasteiger partial charge in [-0.05, 0) is 19.8 Å². The molecule has 1 atom stereocenters. The van der Waals surface area contributed by atoms with Crippen LogP contribution in [0.1, 0.15) is 39.0 Å². The molecule has 1 rings (SSSR count). The van der Waals surface area contributed by atoms with Gasteiger partial charge in [0.25, 0.3) is 0 Å². The fourth-order valence-corrected chi connectivity index (χ4v) is 2.62. The number of thiocarbonyl (C=S) groups is 1. The maximum Gasteiger partial charge on any atom is 0.391 e. The fraction of sp³-hybridized carbons (Fsp3) is 0.818. The van der Waals surface area contributed by atoms with Gasteiger partial charge in [-0.3, -0.25) is 4.79 Å². The molecule has 0 saturated heterocycles. The molecule has 0 aromatic carbocycles. The van der Waals surface area contributed by atoms with Crippen molar-refractivity contribution in [2.24, 2.45) is 11.1 Å². The molecule has 0 heterocycles. The Morgan fingerprint density at radius 2 is 1.94 bits per heavy atom. The van der Waals surface area contributed by atoms with Gasteiger partial charge >= 0.3 is 6.18 Å². The number of carbonyl (C=O) groups is 1. The number of alkyl halides is 3. The van der Waals surface area contributed by atoms with Crippen LogP contribution in [-0.2, 0) is 4.79 Å². The number of hydrogen-bond acceptors (Lipinski definition) is 2. The second-order valence-corrected chi connectivity index (χ2v) is 5.29. The first-order chi connectivity index (χ1) is 8.17. The molecule has 1 fully saturated rings. The lowest BCUT2D eigenvalue weighted by Crippen LogP contribution is -2.50. The average Bonchev–Trinajstić information content (AvgIpc) is 2.63. The van der Waals surface area contributed by atoms with Crippen molar-refractivity contribution < 1.29 is 18.0 Å². The van der Waals surface area contributed by atoms with E-state index >= 15 is 0 Å². The minimum atomic E-state index is -4.29. The van der Waals surface area contributed by atoms with E-state index in [0.29, 0.717) is 12.8 Å². The molecule has 104 valence electrons. The monoisotopic (exact) mass is 282 g/mol. The van der Waals surface area contributed by atoms with Crippen LogP contribution in [0.2, 0.25) is 0 Å². The first-order valence-corrected chi connectivity index (χ1v) is 6.26. The van der Waals surface area contributed by atoms with Gasteiger partial charge in [0, 0.05) is 6.04 Å². The normalized spacial score (nSPS) is 20.4. The summed E-state index contributed by atoms with van der Waals surface area (Å²) < 4.78 is 36.6. The van der Waals surface area contributed by atoms with Gasteiger partial charge in [0.1, 0.15) is 0 Å². The lowest BCUT2D eigenvalue weighted by Gasteiger charge is -2.28. The van der Waals surface area contributed by atoms with Crippen molar-refractivity contribution in [2.75, 3.05) is 0 Å². The number of nitrogens with two attached hydrogens (primary N) is 1. The van der Waals surface area contributed by atoms with Gasteiger partial charge < -0.3 is 11.1 Å². The van der Waals surface area contributed by atoms with Gasteiger partial charge in [0.05, 0.1) is 16.8 Å². The lowest BCUT2D eigenvalue weighted by molar-refractivity contribution is -0.142. The largest absolute Gasteiger partial charge is 0.392 e. The van der Waals surface area contributed by atoms with Crippen LogP contribution in [0, 0.1) is 5.41 Å². The van der Waals surface area contributed by atoms with E-state index in [1.54, 1.807) is 0 Å². The van der Waals surface area contributed by atoms with Crippen molar-refractivity contribution in [1.82, 2.24) is 5.32 Å². The predicted molar refractivity (Wildman–Crippen MR) is 66.0 cm³/mol. The van der Waals surface area contributed by atoms with Crippen molar-refractivity contribution in [3.05, 3.63) is 0 Å². The zero-order valence-corrected chi connectivity index (χ0v) is 11.0. The highest BCUT2D eigenvalue weighted by molar-refractivity contribution is 7.80. The topological polar surface area (TPSA) is 55.1 Å². The van der Waals surface area contributed by atoms with E-state index in [4.69, 9.17) is 18.0 Å². The number of nitrogens with one attached hydrogen (secondary N) is 1. The number of rotatable bonds is 4. The van der Waals surface area contributed by atoms with Crippen LogP contribution >= 0.6 is 12.2 Å². The molecule has 0 radical (unpaired) electrons. The maximum atomic E-state index is 12.2. The Morgan fingerprint density at radius 3 is 2.33 bits per heavy atom. The molecule has 0 aromatic rings. The molecule has 1 aliphatic rings. The summed E-state index contributed by atoms with van der Waals surface area (Å²) in [6.45, 7) is 1.33. The molecular weight excluding hydrogens is 265 g/mol. The Bertz CT molecular complexity index is 338. The molecule has 0 aliphatic heterocycles. The van der Waals surface area contributed by atoms with Crippen molar-refractivity contribution in [2.45, 2.75) is 51.2 Å². The first-order valence-electron chi connectivity index (χ1n) is 5.85. The van der Waals surface area contributed by atoms with Crippen molar-refractivity contribution >= 4 is 23.1 Å². The predicted octanol–water partition coefficient (Wildman–Crippen LogP) is 2.29. The summed E-state index contributed by atoms with van der Waals surface area (Å²) in [6, 6.07) is -0.968. The third kappa shape index (κ3) is 3.57. The van der Waals surface area contributed by atoms with Gasteiger partial charge in [-0.2, -0.15) is 13.2 Å². The molecule has 1 aliphatic carbocycles. The highest BCUT2D eigenvalue weighted by Gasteiger charge is 2.44. The van der Waals surface area contributed by atoms with Gasteiger partial charge in [-0.25, -0.2) is 0 Å². The maximum absolute atomic E-state index is 12.2. The number of amides is 1. The quantitative estimate of drug-likeness (QED) is 0.778. The summed E-state index contributed by atoms with van der Waals surface area (Å²) in [7, 11) is 0. The molecule has 0 bridgehead atoms. The number of hydrogen-bond donors (Lipinski definition) is 2. The second kappa shape index (κ2) is 5.42. The summed E-state index contributed by atoms with van der Waals surface area (Å²) in [6.07, 6.45) is -2.67. The number of carbonyl (C=O) groups excluding carboxylic acids is 1. The summed E-state index contributed by atoms with van der Waals surface area (Å²) in [5.41, 5.74) is 4.64. The van der Waals surface area contributed by atoms with Crippen molar-refractivity contribution in [1.29, 1.82) is 0 Å². The van der Waals surface area contributed by atoms with E-state index in [2.05, 4.69) is 5.32 Å². The molecule has 1 saturated carbocycles. The smallest absolute Gasteiger partial charge is 0.391 e. The van der Waals surface area contributed by atoms with Crippen LogP contribution in [0.15, 0.2) is 0 Å². The average molecular weight is 282 g/mol. The molecule has 0 spiro atoms. The lowest BCUT2D eigenvalue weighted by atomic mass is 9.84. The third-order valence-electron chi connectivity index (χ3n) is 3.28. The SMILES string of the molecule is CC(CC(F)(F)F)NC(=O)C1(C(N)=S)CCCC1. The Kier molecular flexibility index (Phi) is 4.58. The van der Waals surface area contributed by atoms with E-state index in [-0.39, 0.29) is 4.99 Å². The first kappa shape index (κ1) is 15.2. The molecule has 3 nitrogen and oxygen atoms in total. The molecule has 3 N–H and O–H groups in total. The van der Waals surface area contributed by atoms with Crippen LogP contribution in [0.3, 0.4) is 0 Å². The minimum absolute atomic E-state index is 0.0803.